The van der Waals surface area contributed by atoms with Crippen molar-refractivity contribution in [2.75, 3.05) is 38.2 Å². The van der Waals surface area contributed by atoms with Crippen LogP contribution in [0.25, 0.3) is 16.8 Å². The van der Waals surface area contributed by atoms with Gasteiger partial charge in [0.1, 0.15) is 23.9 Å². The number of anilines is 1. The minimum Gasteiger partial charge on any atom is -0.493 e. The number of fused-ring (bicyclic) bond motifs is 1. The Bertz CT molecular complexity index is 1170. The van der Waals surface area contributed by atoms with Gasteiger partial charge in [-0.3, -0.25) is 4.79 Å². The summed E-state index contributed by atoms with van der Waals surface area (Å²) in [6, 6.07) is 21.3. The number of hydrogen-bond donors (Lipinski definition) is 1. The first kappa shape index (κ1) is 21.1. The van der Waals surface area contributed by atoms with E-state index in [1.165, 1.54) is 11.6 Å². The number of ketones is 1. The lowest BCUT2D eigenvalue weighted by Gasteiger charge is -2.42. The monoisotopic (exact) mass is 444 g/mol. The summed E-state index contributed by atoms with van der Waals surface area (Å²) < 4.78 is 26.1. The molecule has 33 heavy (non-hydrogen) atoms. The summed E-state index contributed by atoms with van der Waals surface area (Å²) in [4.78, 5) is 13.6. The van der Waals surface area contributed by atoms with Crippen LogP contribution in [-0.2, 0) is 4.79 Å². The molecule has 3 aromatic carbocycles. The van der Waals surface area contributed by atoms with Gasteiger partial charge in [0, 0.05) is 36.3 Å². The number of nitrogens with zero attached hydrogens (tertiary/aromatic N) is 1. The number of halogens is 1. The van der Waals surface area contributed by atoms with Crippen molar-refractivity contribution in [3.63, 3.8) is 0 Å². The Hall–Kier alpha value is -3.80. The number of benzene rings is 3. The minimum absolute atomic E-state index is 0.0531. The molecule has 0 amide bonds. The number of Topliss-reactive ketones (excluding diaryl/α,β-unsaturated/α-hetero) is 1. The van der Waals surface area contributed by atoms with E-state index >= 15 is 0 Å². The van der Waals surface area contributed by atoms with Gasteiger partial charge in [0.05, 0.1) is 18.8 Å². The maximum Gasteiger partial charge on any atom is 0.189 e. The topological polar surface area (TPSA) is 50.8 Å². The Kier molecular flexibility index (Phi) is 5.73. The number of nitrogens with one attached hydrogen (secondary N) is 1. The molecule has 168 valence electrons. The second kappa shape index (κ2) is 8.98. The predicted molar refractivity (Wildman–Crippen MR) is 127 cm³/mol. The van der Waals surface area contributed by atoms with E-state index in [-0.39, 0.29) is 18.9 Å². The number of rotatable bonds is 6. The van der Waals surface area contributed by atoms with Crippen molar-refractivity contribution in [1.29, 1.82) is 0 Å². The van der Waals surface area contributed by atoms with Crippen LogP contribution in [0.3, 0.4) is 0 Å². The fraction of sp³-hybridized carbons (Fsp3) is 0.222. The quantitative estimate of drug-likeness (QED) is 0.589. The Labute approximate surface area is 192 Å². The largest absolute Gasteiger partial charge is 0.493 e. The van der Waals surface area contributed by atoms with E-state index in [2.05, 4.69) is 36.2 Å². The van der Waals surface area contributed by atoms with Gasteiger partial charge in [-0.2, -0.15) is 0 Å². The van der Waals surface area contributed by atoms with Crippen LogP contribution in [0, 0.1) is 11.7 Å². The van der Waals surface area contributed by atoms with Crippen molar-refractivity contribution in [2.45, 2.75) is 0 Å². The number of ether oxygens (including phenoxy) is 2. The first-order valence-corrected chi connectivity index (χ1v) is 11.0. The molecule has 0 aliphatic carbocycles. The van der Waals surface area contributed by atoms with Gasteiger partial charge in [-0.25, -0.2) is 4.39 Å². The molecule has 6 heteroatoms. The molecule has 1 saturated heterocycles. The standard InChI is InChI=1S/C27H25FN2O3/c1-18(24-11-26-27(12-25(24)28)33-17-22(31)13-29-26)30-14-19(15-30)16-32-23-9-7-21(8-10-23)20-5-3-2-4-6-20/h2-12,19,29H,1,13-17H2. The lowest BCUT2D eigenvalue weighted by atomic mass is 9.98. The maximum atomic E-state index is 14.7. The summed E-state index contributed by atoms with van der Waals surface area (Å²) in [5.41, 5.74) is 3.97. The molecule has 0 spiro atoms. The lowest BCUT2D eigenvalue weighted by molar-refractivity contribution is -0.119. The van der Waals surface area contributed by atoms with Gasteiger partial charge in [-0.15, -0.1) is 0 Å². The SMILES string of the molecule is C=C(c1cc2c(cc1F)OCC(=O)CN2)N1CC(COc2ccc(-c3ccccc3)cc2)C1. The van der Waals surface area contributed by atoms with E-state index in [9.17, 15) is 9.18 Å². The average molecular weight is 445 g/mol. The number of likely N-dealkylation sites (tertiary alicyclic amines) is 1. The van der Waals surface area contributed by atoms with Crippen LogP contribution in [0.5, 0.6) is 11.5 Å². The van der Waals surface area contributed by atoms with E-state index in [0.29, 0.717) is 35.2 Å². The van der Waals surface area contributed by atoms with Crippen molar-refractivity contribution in [3.05, 3.63) is 84.7 Å². The first-order valence-electron chi connectivity index (χ1n) is 11.0. The van der Waals surface area contributed by atoms with Gasteiger partial charge < -0.3 is 19.7 Å². The third kappa shape index (κ3) is 4.55. The second-order valence-corrected chi connectivity index (χ2v) is 8.43. The summed E-state index contributed by atoms with van der Waals surface area (Å²) >= 11 is 0. The van der Waals surface area contributed by atoms with E-state index in [0.717, 1.165) is 24.4 Å². The zero-order valence-corrected chi connectivity index (χ0v) is 18.2. The first-order chi connectivity index (χ1) is 16.1. The van der Waals surface area contributed by atoms with Gasteiger partial charge in [0.15, 0.2) is 5.78 Å². The van der Waals surface area contributed by atoms with Gasteiger partial charge in [-0.05, 0) is 29.3 Å². The van der Waals surface area contributed by atoms with Gasteiger partial charge >= 0.3 is 0 Å². The molecule has 0 radical (unpaired) electrons. The van der Waals surface area contributed by atoms with Gasteiger partial charge in [0.2, 0.25) is 0 Å². The number of carbonyl (C=O) groups excluding carboxylic acids is 1. The molecule has 2 aliphatic rings. The van der Waals surface area contributed by atoms with Crippen LogP contribution in [0.4, 0.5) is 10.1 Å². The molecule has 1 fully saturated rings. The smallest absolute Gasteiger partial charge is 0.189 e. The highest BCUT2D eigenvalue weighted by Gasteiger charge is 2.30. The summed E-state index contributed by atoms with van der Waals surface area (Å²) in [5, 5.41) is 3.01. The molecular weight excluding hydrogens is 419 g/mol. The van der Waals surface area contributed by atoms with Crippen LogP contribution in [0.2, 0.25) is 0 Å². The zero-order valence-electron chi connectivity index (χ0n) is 18.2. The molecule has 5 rings (SSSR count). The Morgan fingerprint density at radius 2 is 1.82 bits per heavy atom. The minimum atomic E-state index is -0.409. The van der Waals surface area contributed by atoms with E-state index in [1.807, 2.05) is 35.2 Å². The van der Waals surface area contributed by atoms with Crippen LogP contribution in [0.15, 0.2) is 73.3 Å². The molecule has 2 aliphatic heterocycles. The highest BCUT2D eigenvalue weighted by molar-refractivity contribution is 5.86. The summed E-state index contributed by atoms with van der Waals surface area (Å²) in [7, 11) is 0. The molecule has 3 aromatic rings. The van der Waals surface area contributed by atoms with E-state index < -0.39 is 5.82 Å². The van der Waals surface area contributed by atoms with Crippen LogP contribution < -0.4 is 14.8 Å². The van der Waals surface area contributed by atoms with Crippen LogP contribution in [0.1, 0.15) is 5.56 Å². The Morgan fingerprint density at radius 1 is 1.09 bits per heavy atom. The molecule has 1 N–H and O–H groups in total. The van der Waals surface area contributed by atoms with Crippen LogP contribution in [-0.4, -0.2) is 43.5 Å². The van der Waals surface area contributed by atoms with Crippen molar-refractivity contribution in [2.24, 2.45) is 5.92 Å². The molecule has 2 heterocycles. The molecular formula is C27H25FN2O3. The molecule has 0 atom stereocenters. The predicted octanol–water partition coefficient (Wildman–Crippen LogP) is 4.85. The number of hydrogen-bond acceptors (Lipinski definition) is 5. The lowest BCUT2D eigenvalue weighted by Crippen LogP contribution is -2.47. The normalized spacial score (nSPS) is 15.5. The molecule has 0 saturated carbocycles. The molecule has 0 bridgehead atoms. The van der Waals surface area contributed by atoms with Gasteiger partial charge in [-0.1, -0.05) is 49.0 Å². The third-order valence-corrected chi connectivity index (χ3v) is 6.03. The highest BCUT2D eigenvalue weighted by Crippen LogP contribution is 2.35. The van der Waals surface area contributed by atoms with Crippen molar-refractivity contribution in [3.8, 4) is 22.6 Å². The van der Waals surface area contributed by atoms with E-state index in [4.69, 9.17) is 9.47 Å². The van der Waals surface area contributed by atoms with Crippen LogP contribution >= 0.6 is 0 Å². The average Bonchev–Trinajstić information content (AvgIpc) is 2.99. The third-order valence-electron chi connectivity index (χ3n) is 6.03. The summed E-state index contributed by atoms with van der Waals surface area (Å²) in [6.07, 6.45) is 0. The molecule has 5 nitrogen and oxygen atoms in total. The molecule has 0 aromatic heterocycles. The van der Waals surface area contributed by atoms with Gasteiger partial charge in [0.25, 0.3) is 0 Å². The zero-order chi connectivity index (χ0) is 22.8. The highest BCUT2D eigenvalue weighted by atomic mass is 19.1. The Balaban J connectivity index is 1.15. The fourth-order valence-electron chi connectivity index (χ4n) is 4.09. The van der Waals surface area contributed by atoms with Crippen molar-refractivity contribution >= 4 is 17.2 Å². The molecule has 0 unspecified atom stereocenters. The van der Waals surface area contributed by atoms with E-state index in [1.54, 1.807) is 6.07 Å². The van der Waals surface area contributed by atoms with Crippen molar-refractivity contribution < 1.29 is 18.7 Å². The maximum absolute atomic E-state index is 14.7. The second-order valence-electron chi connectivity index (χ2n) is 8.43. The summed E-state index contributed by atoms with van der Waals surface area (Å²) in [5.74, 6) is 1.05. The summed E-state index contributed by atoms with van der Waals surface area (Å²) in [6.45, 7) is 6.31. The fourth-order valence-corrected chi connectivity index (χ4v) is 4.09. The van der Waals surface area contributed by atoms with Crippen molar-refractivity contribution in [1.82, 2.24) is 4.90 Å². The Morgan fingerprint density at radius 3 is 2.58 bits per heavy atom. The number of carbonyl (C=O) groups is 1.